The summed E-state index contributed by atoms with van der Waals surface area (Å²) in [6.07, 6.45) is 0. The maximum absolute atomic E-state index is 12.1. The first-order chi connectivity index (χ1) is 7.98. The SMILES string of the molecule is CON(C)S(=O)(=O)c1sc2ccccc2c1Br. The van der Waals surface area contributed by atoms with Crippen molar-refractivity contribution < 1.29 is 13.3 Å². The normalized spacial score (nSPS) is 12.5. The van der Waals surface area contributed by atoms with Crippen LogP contribution in [0.5, 0.6) is 0 Å². The topological polar surface area (TPSA) is 46.6 Å². The summed E-state index contributed by atoms with van der Waals surface area (Å²) in [6.45, 7) is 0. The van der Waals surface area contributed by atoms with Gasteiger partial charge in [0.15, 0.2) is 4.21 Å². The van der Waals surface area contributed by atoms with E-state index >= 15 is 0 Å². The van der Waals surface area contributed by atoms with Crippen LogP contribution in [0.3, 0.4) is 0 Å². The Morgan fingerprint density at radius 1 is 1.35 bits per heavy atom. The van der Waals surface area contributed by atoms with E-state index in [1.165, 1.54) is 25.5 Å². The molecular formula is C10H10BrNO3S2. The second-order valence-electron chi connectivity index (χ2n) is 3.30. The van der Waals surface area contributed by atoms with E-state index in [-0.39, 0.29) is 4.21 Å². The molecular weight excluding hydrogens is 326 g/mol. The molecule has 0 saturated heterocycles. The van der Waals surface area contributed by atoms with E-state index in [2.05, 4.69) is 15.9 Å². The summed E-state index contributed by atoms with van der Waals surface area (Å²) in [5.74, 6) is 0. The zero-order valence-corrected chi connectivity index (χ0v) is 12.4. The minimum absolute atomic E-state index is 0.253. The van der Waals surface area contributed by atoms with Crippen LogP contribution in [0.4, 0.5) is 0 Å². The Balaban J connectivity index is 2.68. The first-order valence-corrected chi connectivity index (χ1v) is 7.73. The van der Waals surface area contributed by atoms with Crippen LogP contribution in [0.1, 0.15) is 0 Å². The van der Waals surface area contributed by atoms with E-state index in [0.29, 0.717) is 4.47 Å². The number of sulfonamides is 1. The average Bonchev–Trinajstić information content (AvgIpc) is 2.67. The molecule has 2 aromatic rings. The van der Waals surface area contributed by atoms with Crippen molar-refractivity contribution in [1.82, 2.24) is 4.47 Å². The van der Waals surface area contributed by atoms with E-state index in [4.69, 9.17) is 4.84 Å². The molecule has 0 atom stereocenters. The van der Waals surface area contributed by atoms with Crippen molar-refractivity contribution in [2.24, 2.45) is 0 Å². The molecule has 0 spiro atoms. The molecule has 0 aliphatic rings. The largest absolute Gasteiger partial charge is 0.288 e. The van der Waals surface area contributed by atoms with E-state index in [1.54, 1.807) is 0 Å². The number of hydroxylamine groups is 1. The Kier molecular flexibility index (Phi) is 3.55. The molecule has 0 bridgehead atoms. The number of fused-ring (bicyclic) bond motifs is 1. The number of hydrogen-bond acceptors (Lipinski definition) is 4. The minimum Gasteiger partial charge on any atom is -0.288 e. The van der Waals surface area contributed by atoms with E-state index < -0.39 is 10.0 Å². The quantitative estimate of drug-likeness (QED) is 0.810. The lowest BCUT2D eigenvalue weighted by molar-refractivity contribution is -0.0256. The van der Waals surface area contributed by atoms with Crippen LogP contribution >= 0.6 is 27.3 Å². The van der Waals surface area contributed by atoms with Crippen molar-refractivity contribution in [1.29, 1.82) is 0 Å². The summed E-state index contributed by atoms with van der Waals surface area (Å²) in [4.78, 5) is 4.75. The fraction of sp³-hybridized carbons (Fsp3) is 0.200. The number of halogens is 1. The third-order valence-corrected chi connectivity index (χ3v) is 7.03. The van der Waals surface area contributed by atoms with Crippen LogP contribution in [-0.4, -0.2) is 27.0 Å². The van der Waals surface area contributed by atoms with Gasteiger partial charge in [-0.3, -0.25) is 4.84 Å². The van der Waals surface area contributed by atoms with Crippen molar-refractivity contribution in [3.05, 3.63) is 28.7 Å². The summed E-state index contributed by atoms with van der Waals surface area (Å²) in [6, 6.07) is 7.51. The molecule has 4 nitrogen and oxygen atoms in total. The van der Waals surface area contributed by atoms with Gasteiger partial charge in [-0.1, -0.05) is 22.7 Å². The van der Waals surface area contributed by atoms with E-state index in [1.807, 2.05) is 24.3 Å². The van der Waals surface area contributed by atoms with Gasteiger partial charge in [0.05, 0.1) is 11.6 Å². The third-order valence-electron chi connectivity index (χ3n) is 2.34. The summed E-state index contributed by atoms with van der Waals surface area (Å²) in [5, 5.41) is 0.889. The molecule has 0 N–H and O–H groups in total. The molecule has 0 saturated carbocycles. The molecule has 17 heavy (non-hydrogen) atoms. The molecule has 1 aromatic carbocycles. The molecule has 0 aliphatic carbocycles. The second-order valence-corrected chi connectivity index (χ2v) is 7.27. The van der Waals surface area contributed by atoms with Crippen molar-refractivity contribution in [2.75, 3.05) is 14.2 Å². The highest BCUT2D eigenvalue weighted by atomic mass is 79.9. The first kappa shape index (κ1) is 13.0. The molecule has 0 radical (unpaired) electrons. The van der Waals surface area contributed by atoms with E-state index in [0.717, 1.165) is 14.6 Å². The van der Waals surface area contributed by atoms with Crippen LogP contribution in [0, 0.1) is 0 Å². The maximum Gasteiger partial charge on any atom is 0.275 e. The Bertz CT molecular complexity index is 651. The standard InChI is InChI=1S/C10H10BrNO3S2/c1-12(15-2)17(13,14)10-9(11)7-5-3-4-6-8(7)16-10/h3-6H,1-2H3. The van der Waals surface area contributed by atoms with Crippen LogP contribution < -0.4 is 0 Å². The van der Waals surface area contributed by atoms with Gasteiger partial charge in [0, 0.05) is 17.1 Å². The second kappa shape index (κ2) is 4.66. The van der Waals surface area contributed by atoms with Gasteiger partial charge in [0.25, 0.3) is 10.0 Å². The summed E-state index contributed by atoms with van der Waals surface area (Å²) in [7, 11) is -0.913. The maximum atomic E-state index is 12.1. The number of thiophene rings is 1. The van der Waals surface area contributed by atoms with Crippen LogP contribution in [0.15, 0.2) is 32.9 Å². The minimum atomic E-state index is -3.60. The zero-order chi connectivity index (χ0) is 12.6. The van der Waals surface area contributed by atoms with Crippen LogP contribution in [0.2, 0.25) is 0 Å². The molecule has 92 valence electrons. The van der Waals surface area contributed by atoms with Crippen molar-refractivity contribution in [2.45, 2.75) is 4.21 Å². The van der Waals surface area contributed by atoms with Crippen molar-refractivity contribution >= 4 is 47.4 Å². The van der Waals surface area contributed by atoms with Gasteiger partial charge in [-0.15, -0.1) is 11.3 Å². The van der Waals surface area contributed by atoms with Crippen LogP contribution in [0.25, 0.3) is 10.1 Å². The predicted octanol–water partition coefficient (Wildman–Crippen LogP) is 2.85. The highest BCUT2D eigenvalue weighted by Crippen LogP contribution is 2.39. The first-order valence-electron chi connectivity index (χ1n) is 4.68. The Morgan fingerprint density at radius 2 is 2.00 bits per heavy atom. The average molecular weight is 336 g/mol. The number of hydrogen-bond donors (Lipinski definition) is 0. The van der Waals surface area contributed by atoms with Gasteiger partial charge in [-0.2, -0.15) is 0 Å². The Hall–Kier alpha value is -0.470. The highest BCUT2D eigenvalue weighted by molar-refractivity contribution is 9.10. The number of nitrogens with zero attached hydrogens (tertiary/aromatic N) is 1. The fourth-order valence-electron chi connectivity index (χ4n) is 1.37. The van der Waals surface area contributed by atoms with E-state index in [9.17, 15) is 8.42 Å². The van der Waals surface area contributed by atoms with Gasteiger partial charge in [0.1, 0.15) is 0 Å². The highest BCUT2D eigenvalue weighted by Gasteiger charge is 2.27. The summed E-state index contributed by atoms with van der Waals surface area (Å²) in [5.41, 5.74) is 0. The molecule has 0 unspecified atom stereocenters. The predicted molar refractivity (Wildman–Crippen MR) is 71.5 cm³/mol. The Morgan fingerprint density at radius 3 is 2.59 bits per heavy atom. The smallest absolute Gasteiger partial charge is 0.275 e. The molecule has 1 aromatic heterocycles. The lowest BCUT2D eigenvalue weighted by Crippen LogP contribution is -2.25. The molecule has 0 fully saturated rings. The summed E-state index contributed by atoms with van der Waals surface area (Å²) < 4.78 is 26.9. The lowest BCUT2D eigenvalue weighted by Gasteiger charge is -2.12. The molecule has 2 rings (SSSR count). The van der Waals surface area contributed by atoms with Gasteiger partial charge in [-0.25, -0.2) is 8.42 Å². The van der Waals surface area contributed by atoms with Gasteiger partial charge in [-0.05, 0) is 22.0 Å². The third kappa shape index (κ3) is 2.13. The molecule has 7 heteroatoms. The zero-order valence-electron chi connectivity index (χ0n) is 9.18. The number of benzene rings is 1. The molecule has 1 heterocycles. The van der Waals surface area contributed by atoms with Gasteiger partial charge >= 0.3 is 0 Å². The molecule has 0 amide bonds. The Labute approximate surface area is 112 Å². The van der Waals surface area contributed by atoms with Crippen molar-refractivity contribution in [3.63, 3.8) is 0 Å². The fourth-order valence-corrected chi connectivity index (χ4v) is 5.30. The van der Waals surface area contributed by atoms with Gasteiger partial charge < -0.3 is 0 Å². The monoisotopic (exact) mass is 335 g/mol. The van der Waals surface area contributed by atoms with Gasteiger partial charge in [0.2, 0.25) is 0 Å². The number of rotatable bonds is 3. The molecule has 0 aliphatic heterocycles. The van der Waals surface area contributed by atoms with Crippen LogP contribution in [-0.2, 0) is 14.9 Å². The summed E-state index contributed by atoms with van der Waals surface area (Å²) >= 11 is 4.55. The lowest BCUT2D eigenvalue weighted by atomic mass is 10.3. The van der Waals surface area contributed by atoms with Crippen molar-refractivity contribution in [3.8, 4) is 0 Å².